The SMILES string of the molecule is COC(=O)c1ccc(CCl)cc1C(F)(F)F. The highest BCUT2D eigenvalue weighted by atomic mass is 35.5. The van der Waals surface area contributed by atoms with Crippen molar-refractivity contribution in [1.82, 2.24) is 0 Å². The van der Waals surface area contributed by atoms with Gasteiger partial charge in [0.25, 0.3) is 0 Å². The summed E-state index contributed by atoms with van der Waals surface area (Å²) in [5.74, 6) is -1.07. The fraction of sp³-hybridized carbons (Fsp3) is 0.300. The van der Waals surface area contributed by atoms with Crippen molar-refractivity contribution in [3.63, 3.8) is 0 Å². The van der Waals surface area contributed by atoms with Crippen molar-refractivity contribution < 1.29 is 22.7 Å². The van der Waals surface area contributed by atoms with Gasteiger partial charge in [-0.2, -0.15) is 13.2 Å². The van der Waals surface area contributed by atoms with Crippen LogP contribution in [0.1, 0.15) is 21.5 Å². The van der Waals surface area contributed by atoms with E-state index in [0.717, 1.165) is 19.2 Å². The van der Waals surface area contributed by atoms with E-state index in [2.05, 4.69) is 4.74 Å². The summed E-state index contributed by atoms with van der Waals surface area (Å²) in [4.78, 5) is 11.1. The summed E-state index contributed by atoms with van der Waals surface area (Å²) >= 11 is 5.43. The standard InChI is InChI=1S/C10H8ClF3O2/c1-16-9(15)7-3-2-6(5-11)4-8(7)10(12,13)14/h2-4H,5H2,1H3. The molecule has 1 aromatic carbocycles. The van der Waals surface area contributed by atoms with Gasteiger partial charge in [-0.25, -0.2) is 4.79 Å². The molecule has 0 aliphatic carbocycles. The number of carbonyl (C=O) groups is 1. The Morgan fingerprint density at radius 3 is 2.50 bits per heavy atom. The summed E-state index contributed by atoms with van der Waals surface area (Å²) < 4.78 is 42.1. The van der Waals surface area contributed by atoms with Crippen molar-refractivity contribution in [2.24, 2.45) is 0 Å². The highest BCUT2D eigenvalue weighted by Crippen LogP contribution is 2.33. The molecular weight excluding hydrogens is 245 g/mol. The zero-order valence-electron chi connectivity index (χ0n) is 8.27. The van der Waals surface area contributed by atoms with E-state index in [9.17, 15) is 18.0 Å². The number of hydrogen-bond acceptors (Lipinski definition) is 2. The van der Waals surface area contributed by atoms with E-state index in [1.54, 1.807) is 0 Å². The van der Waals surface area contributed by atoms with Gasteiger partial charge in [0.05, 0.1) is 18.2 Å². The minimum Gasteiger partial charge on any atom is -0.465 e. The van der Waals surface area contributed by atoms with Gasteiger partial charge in [-0.05, 0) is 17.7 Å². The second kappa shape index (κ2) is 4.74. The molecule has 2 nitrogen and oxygen atoms in total. The molecule has 16 heavy (non-hydrogen) atoms. The van der Waals surface area contributed by atoms with Crippen molar-refractivity contribution in [3.8, 4) is 0 Å². The fourth-order valence-corrected chi connectivity index (χ4v) is 1.36. The number of benzene rings is 1. The zero-order chi connectivity index (χ0) is 12.3. The third kappa shape index (κ3) is 2.66. The molecule has 0 radical (unpaired) electrons. The van der Waals surface area contributed by atoms with Gasteiger partial charge in [0.15, 0.2) is 0 Å². The summed E-state index contributed by atoms with van der Waals surface area (Å²) in [6.45, 7) is 0. The first kappa shape index (κ1) is 12.8. The van der Waals surface area contributed by atoms with Gasteiger partial charge >= 0.3 is 12.1 Å². The van der Waals surface area contributed by atoms with Crippen LogP contribution in [-0.2, 0) is 16.8 Å². The van der Waals surface area contributed by atoms with Crippen molar-refractivity contribution in [3.05, 3.63) is 34.9 Å². The van der Waals surface area contributed by atoms with Crippen LogP contribution in [0.5, 0.6) is 0 Å². The highest BCUT2D eigenvalue weighted by Gasteiger charge is 2.35. The lowest BCUT2D eigenvalue weighted by molar-refractivity contribution is -0.138. The van der Waals surface area contributed by atoms with Crippen LogP contribution in [0.3, 0.4) is 0 Å². The topological polar surface area (TPSA) is 26.3 Å². The second-order valence-corrected chi connectivity index (χ2v) is 3.27. The molecule has 0 bridgehead atoms. The summed E-state index contributed by atoms with van der Waals surface area (Å²) in [5.41, 5.74) is -1.25. The number of alkyl halides is 4. The van der Waals surface area contributed by atoms with E-state index in [4.69, 9.17) is 11.6 Å². The van der Waals surface area contributed by atoms with Gasteiger partial charge in [-0.15, -0.1) is 11.6 Å². The average Bonchev–Trinajstić information content (AvgIpc) is 2.26. The number of methoxy groups -OCH3 is 1. The molecule has 0 spiro atoms. The number of esters is 1. The Labute approximate surface area is 95.0 Å². The van der Waals surface area contributed by atoms with Gasteiger partial charge in [0.1, 0.15) is 0 Å². The summed E-state index contributed by atoms with van der Waals surface area (Å²) in [6.07, 6.45) is -4.61. The van der Waals surface area contributed by atoms with E-state index in [1.165, 1.54) is 6.07 Å². The maximum Gasteiger partial charge on any atom is 0.417 e. The Kier molecular flexibility index (Phi) is 3.80. The van der Waals surface area contributed by atoms with E-state index in [-0.39, 0.29) is 5.88 Å². The lowest BCUT2D eigenvalue weighted by Gasteiger charge is -2.12. The third-order valence-corrected chi connectivity index (χ3v) is 2.26. The predicted molar refractivity (Wildman–Crippen MR) is 52.3 cm³/mol. The van der Waals surface area contributed by atoms with Gasteiger partial charge in [-0.3, -0.25) is 0 Å². The zero-order valence-corrected chi connectivity index (χ0v) is 9.02. The fourth-order valence-electron chi connectivity index (χ4n) is 1.20. The molecule has 0 unspecified atom stereocenters. The number of hydrogen-bond donors (Lipinski definition) is 0. The average molecular weight is 253 g/mol. The number of carbonyl (C=O) groups excluding carboxylic acids is 1. The molecule has 0 aromatic heterocycles. The van der Waals surface area contributed by atoms with E-state index < -0.39 is 23.3 Å². The van der Waals surface area contributed by atoms with Crippen LogP contribution < -0.4 is 0 Å². The van der Waals surface area contributed by atoms with E-state index in [1.807, 2.05) is 0 Å². The molecule has 0 fully saturated rings. The van der Waals surface area contributed by atoms with E-state index >= 15 is 0 Å². The molecule has 1 rings (SSSR count). The van der Waals surface area contributed by atoms with Crippen LogP contribution in [0, 0.1) is 0 Å². The van der Waals surface area contributed by atoms with Crippen molar-refractivity contribution >= 4 is 17.6 Å². The van der Waals surface area contributed by atoms with Gasteiger partial charge in [0, 0.05) is 5.88 Å². The van der Waals surface area contributed by atoms with Crippen LogP contribution in [0.15, 0.2) is 18.2 Å². The Morgan fingerprint density at radius 2 is 2.06 bits per heavy atom. The minimum absolute atomic E-state index is 0.0511. The van der Waals surface area contributed by atoms with E-state index in [0.29, 0.717) is 5.56 Å². The predicted octanol–water partition coefficient (Wildman–Crippen LogP) is 3.23. The Bertz CT molecular complexity index is 402. The molecule has 0 N–H and O–H groups in total. The molecule has 0 saturated heterocycles. The molecule has 0 saturated carbocycles. The molecule has 0 amide bonds. The minimum atomic E-state index is -4.61. The molecular formula is C10H8ClF3O2. The molecule has 0 aliphatic rings. The summed E-state index contributed by atoms with van der Waals surface area (Å²) in [6, 6.07) is 3.26. The maximum atomic E-state index is 12.6. The Hall–Kier alpha value is -1.23. The van der Waals surface area contributed by atoms with Crippen LogP contribution in [-0.4, -0.2) is 13.1 Å². The largest absolute Gasteiger partial charge is 0.465 e. The number of ether oxygens (including phenoxy) is 1. The normalized spacial score (nSPS) is 11.3. The monoisotopic (exact) mass is 252 g/mol. The highest BCUT2D eigenvalue weighted by molar-refractivity contribution is 6.17. The van der Waals surface area contributed by atoms with Crippen molar-refractivity contribution in [2.45, 2.75) is 12.1 Å². The lowest BCUT2D eigenvalue weighted by Crippen LogP contribution is -2.14. The van der Waals surface area contributed by atoms with Gasteiger partial charge in [0.2, 0.25) is 0 Å². The first-order valence-corrected chi connectivity index (χ1v) is 4.78. The van der Waals surface area contributed by atoms with Crippen LogP contribution >= 0.6 is 11.6 Å². The molecule has 88 valence electrons. The molecule has 6 heteroatoms. The lowest BCUT2D eigenvalue weighted by atomic mass is 10.0. The number of halogens is 4. The first-order chi connectivity index (χ1) is 7.40. The third-order valence-electron chi connectivity index (χ3n) is 1.95. The van der Waals surface area contributed by atoms with Gasteiger partial charge < -0.3 is 4.74 Å². The molecule has 0 aliphatic heterocycles. The molecule has 1 aromatic rings. The second-order valence-electron chi connectivity index (χ2n) is 3.00. The van der Waals surface area contributed by atoms with Crippen molar-refractivity contribution in [1.29, 1.82) is 0 Å². The Balaban J connectivity index is 3.33. The van der Waals surface area contributed by atoms with Crippen LogP contribution in [0.25, 0.3) is 0 Å². The first-order valence-electron chi connectivity index (χ1n) is 4.24. The summed E-state index contributed by atoms with van der Waals surface area (Å²) in [7, 11) is 1.03. The smallest absolute Gasteiger partial charge is 0.417 e. The van der Waals surface area contributed by atoms with Crippen LogP contribution in [0.4, 0.5) is 13.2 Å². The quantitative estimate of drug-likeness (QED) is 0.597. The summed E-state index contributed by atoms with van der Waals surface area (Å²) in [5, 5.41) is 0. The number of rotatable bonds is 2. The van der Waals surface area contributed by atoms with Gasteiger partial charge in [-0.1, -0.05) is 6.07 Å². The maximum absolute atomic E-state index is 12.6. The van der Waals surface area contributed by atoms with Crippen molar-refractivity contribution in [2.75, 3.05) is 7.11 Å². The molecule has 0 heterocycles. The molecule has 0 atom stereocenters. The van der Waals surface area contributed by atoms with Crippen LogP contribution in [0.2, 0.25) is 0 Å². The Morgan fingerprint density at radius 1 is 1.44 bits per heavy atom.